The molecule has 0 radical (unpaired) electrons. The first-order valence-electron chi connectivity index (χ1n) is 8.01. The molecule has 6 heteroatoms. The summed E-state index contributed by atoms with van der Waals surface area (Å²) in [6.45, 7) is 2.66. The van der Waals surface area contributed by atoms with E-state index >= 15 is 0 Å². The lowest BCUT2D eigenvalue weighted by atomic mass is 9.98. The molecule has 0 heterocycles. The van der Waals surface area contributed by atoms with Gasteiger partial charge in [0.25, 0.3) is 5.91 Å². The van der Waals surface area contributed by atoms with Gasteiger partial charge in [-0.15, -0.1) is 0 Å². The van der Waals surface area contributed by atoms with Gasteiger partial charge < -0.3 is 20.5 Å². The summed E-state index contributed by atoms with van der Waals surface area (Å²) in [4.78, 5) is 12.4. The number of nitrogens with two attached hydrogens (primary N) is 1. The van der Waals surface area contributed by atoms with Crippen LogP contribution in [-0.2, 0) is 0 Å². The number of nitrogen functional groups attached to an aromatic ring is 1. The van der Waals surface area contributed by atoms with Gasteiger partial charge in [-0.25, -0.2) is 0 Å². The van der Waals surface area contributed by atoms with Crippen LogP contribution in [0.4, 0.5) is 5.69 Å². The van der Waals surface area contributed by atoms with Gasteiger partial charge in [-0.2, -0.15) is 0 Å². The van der Waals surface area contributed by atoms with E-state index in [0.29, 0.717) is 34.5 Å². The molecule has 1 atom stereocenters. The Morgan fingerprint density at radius 1 is 1.20 bits per heavy atom. The number of carbonyl (C=O) groups excluding carboxylic acids is 1. The number of rotatable bonds is 7. The molecule has 3 N–H and O–H groups in total. The molecule has 0 saturated carbocycles. The first kappa shape index (κ1) is 18.9. The van der Waals surface area contributed by atoms with Crippen LogP contribution < -0.4 is 20.5 Å². The number of ether oxygens (including phenoxy) is 2. The monoisotopic (exact) mass is 362 g/mol. The maximum Gasteiger partial charge on any atom is 0.255 e. The molecule has 5 nitrogen and oxygen atoms in total. The number of carbonyl (C=O) groups is 1. The first-order chi connectivity index (χ1) is 12.0. The molecule has 0 aliphatic carbocycles. The maximum atomic E-state index is 12.4. The number of amides is 1. The Hall–Kier alpha value is -2.40. The summed E-state index contributed by atoms with van der Waals surface area (Å²) in [6.07, 6.45) is 0.809. The highest BCUT2D eigenvalue weighted by Crippen LogP contribution is 2.29. The third-order valence-corrected chi connectivity index (χ3v) is 4.44. The van der Waals surface area contributed by atoms with Crippen molar-refractivity contribution in [1.82, 2.24) is 5.32 Å². The minimum absolute atomic E-state index is 0.235. The Morgan fingerprint density at radius 3 is 2.48 bits per heavy atom. The molecule has 0 saturated heterocycles. The fourth-order valence-electron chi connectivity index (χ4n) is 2.51. The fraction of sp³-hybridized carbons (Fsp3) is 0.316. The van der Waals surface area contributed by atoms with Crippen molar-refractivity contribution < 1.29 is 14.3 Å². The van der Waals surface area contributed by atoms with Crippen LogP contribution in [0.5, 0.6) is 11.5 Å². The van der Waals surface area contributed by atoms with Crippen LogP contribution in [0.15, 0.2) is 36.4 Å². The largest absolute Gasteiger partial charge is 0.497 e. The molecule has 0 spiro atoms. The topological polar surface area (TPSA) is 73.6 Å². The Morgan fingerprint density at radius 2 is 1.88 bits per heavy atom. The minimum atomic E-state index is -0.235. The Kier molecular flexibility index (Phi) is 6.53. The molecule has 2 rings (SSSR count). The van der Waals surface area contributed by atoms with E-state index in [9.17, 15) is 4.79 Å². The van der Waals surface area contributed by atoms with Gasteiger partial charge in [-0.3, -0.25) is 4.79 Å². The van der Waals surface area contributed by atoms with Gasteiger partial charge >= 0.3 is 0 Å². The summed E-state index contributed by atoms with van der Waals surface area (Å²) >= 11 is 6.01. The normalized spacial score (nSPS) is 11.7. The van der Waals surface area contributed by atoms with Gasteiger partial charge in [-0.1, -0.05) is 30.7 Å². The summed E-state index contributed by atoms with van der Waals surface area (Å²) in [7, 11) is 3.14. The maximum absolute atomic E-state index is 12.4. The quantitative estimate of drug-likeness (QED) is 0.733. The fourth-order valence-corrected chi connectivity index (χ4v) is 2.68. The molecule has 0 fully saturated rings. The number of anilines is 1. The molecule has 25 heavy (non-hydrogen) atoms. The molecule has 0 aromatic heterocycles. The van der Waals surface area contributed by atoms with Crippen molar-refractivity contribution in [3.63, 3.8) is 0 Å². The number of hydrogen-bond acceptors (Lipinski definition) is 4. The second-order valence-corrected chi connectivity index (χ2v) is 6.20. The van der Waals surface area contributed by atoms with Gasteiger partial charge in [0.1, 0.15) is 11.5 Å². The number of halogens is 1. The van der Waals surface area contributed by atoms with Crippen LogP contribution in [0.1, 0.15) is 35.2 Å². The molecule has 0 bridgehead atoms. The summed E-state index contributed by atoms with van der Waals surface area (Å²) in [5.41, 5.74) is 7.69. The Balaban J connectivity index is 1.94. The second kappa shape index (κ2) is 8.62. The van der Waals surface area contributed by atoms with Gasteiger partial charge in [0.05, 0.1) is 30.5 Å². The molecule has 1 amide bonds. The predicted octanol–water partition coefficient (Wildman–Crippen LogP) is 3.86. The van der Waals surface area contributed by atoms with Gasteiger partial charge in [0, 0.05) is 12.6 Å². The summed E-state index contributed by atoms with van der Waals surface area (Å²) in [6, 6.07) is 11.0. The van der Waals surface area contributed by atoms with Crippen LogP contribution in [0, 0.1) is 0 Å². The average Bonchev–Trinajstić information content (AvgIpc) is 2.63. The zero-order valence-corrected chi connectivity index (χ0v) is 15.4. The molecular formula is C19H23ClN2O3. The van der Waals surface area contributed by atoms with Crippen LogP contribution in [0.25, 0.3) is 0 Å². The van der Waals surface area contributed by atoms with Gasteiger partial charge in [0.2, 0.25) is 0 Å². The van der Waals surface area contributed by atoms with E-state index < -0.39 is 0 Å². The SMILES string of the molecule is COc1ccc(C(C)CCNC(=O)c2cc(Cl)c(N)cc2OC)cc1. The second-order valence-electron chi connectivity index (χ2n) is 5.79. The van der Waals surface area contributed by atoms with Crippen molar-refractivity contribution in [2.45, 2.75) is 19.3 Å². The van der Waals surface area contributed by atoms with E-state index in [0.717, 1.165) is 12.2 Å². The molecule has 2 aromatic carbocycles. The van der Waals surface area contributed by atoms with Crippen LogP contribution in [0.2, 0.25) is 5.02 Å². The minimum Gasteiger partial charge on any atom is -0.497 e. The molecule has 1 unspecified atom stereocenters. The Labute approximate surface area is 153 Å². The Bertz CT molecular complexity index is 732. The lowest BCUT2D eigenvalue weighted by Crippen LogP contribution is -2.26. The number of nitrogens with one attached hydrogen (secondary N) is 1. The van der Waals surface area contributed by atoms with E-state index in [1.54, 1.807) is 13.2 Å². The summed E-state index contributed by atoms with van der Waals surface area (Å²) in [5, 5.41) is 3.23. The highest BCUT2D eigenvalue weighted by molar-refractivity contribution is 6.33. The lowest BCUT2D eigenvalue weighted by Gasteiger charge is -2.14. The van der Waals surface area contributed by atoms with Crippen molar-refractivity contribution in [3.05, 3.63) is 52.5 Å². The zero-order chi connectivity index (χ0) is 18.4. The molecule has 0 aliphatic heterocycles. The van der Waals surface area contributed by atoms with Crippen molar-refractivity contribution in [2.24, 2.45) is 0 Å². The van der Waals surface area contributed by atoms with E-state index in [2.05, 4.69) is 12.2 Å². The van der Waals surface area contributed by atoms with Gasteiger partial charge in [0.15, 0.2) is 0 Å². The van der Waals surface area contributed by atoms with Crippen molar-refractivity contribution in [3.8, 4) is 11.5 Å². The molecule has 2 aromatic rings. The molecular weight excluding hydrogens is 340 g/mol. The summed E-state index contributed by atoms with van der Waals surface area (Å²) in [5.74, 6) is 1.31. The third kappa shape index (κ3) is 4.79. The molecule has 0 aliphatic rings. The number of benzene rings is 2. The zero-order valence-electron chi connectivity index (χ0n) is 14.6. The van der Waals surface area contributed by atoms with Crippen molar-refractivity contribution in [2.75, 3.05) is 26.5 Å². The van der Waals surface area contributed by atoms with Crippen molar-refractivity contribution in [1.29, 1.82) is 0 Å². The smallest absolute Gasteiger partial charge is 0.255 e. The van der Waals surface area contributed by atoms with Crippen LogP contribution in [0.3, 0.4) is 0 Å². The van der Waals surface area contributed by atoms with Crippen LogP contribution in [-0.4, -0.2) is 26.7 Å². The van der Waals surface area contributed by atoms with E-state index in [1.807, 2.05) is 24.3 Å². The summed E-state index contributed by atoms with van der Waals surface area (Å²) < 4.78 is 10.4. The predicted molar refractivity (Wildman–Crippen MR) is 101 cm³/mol. The average molecular weight is 363 g/mol. The van der Waals surface area contributed by atoms with E-state index in [-0.39, 0.29) is 5.91 Å². The van der Waals surface area contributed by atoms with Gasteiger partial charge in [-0.05, 0) is 36.1 Å². The number of hydrogen-bond donors (Lipinski definition) is 2. The van der Waals surface area contributed by atoms with Crippen LogP contribution >= 0.6 is 11.6 Å². The van der Waals surface area contributed by atoms with E-state index in [4.69, 9.17) is 26.8 Å². The number of methoxy groups -OCH3 is 2. The van der Waals surface area contributed by atoms with Crippen molar-refractivity contribution >= 4 is 23.2 Å². The highest BCUT2D eigenvalue weighted by atomic mass is 35.5. The molecule has 134 valence electrons. The lowest BCUT2D eigenvalue weighted by molar-refractivity contribution is 0.0949. The van der Waals surface area contributed by atoms with E-state index in [1.165, 1.54) is 18.7 Å². The highest BCUT2D eigenvalue weighted by Gasteiger charge is 2.15. The third-order valence-electron chi connectivity index (χ3n) is 4.11. The first-order valence-corrected chi connectivity index (χ1v) is 8.39. The standard InChI is InChI=1S/C19H23ClN2O3/c1-12(13-4-6-14(24-2)7-5-13)8-9-22-19(23)15-10-16(20)17(21)11-18(15)25-3/h4-7,10-12H,8-9,21H2,1-3H3,(H,22,23).